The second kappa shape index (κ2) is 6.88. The first-order chi connectivity index (χ1) is 14.8. The Labute approximate surface area is 179 Å². The predicted octanol–water partition coefficient (Wildman–Crippen LogP) is 5.39. The molecule has 0 amide bonds. The van der Waals surface area contributed by atoms with Crippen LogP contribution in [0.3, 0.4) is 0 Å². The van der Waals surface area contributed by atoms with Gasteiger partial charge in [0, 0.05) is 12.3 Å². The van der Waals surface area contributed by atoms with Gasteiger partial charge in [-0.2, -0.15) is 5.10 Å². The maximum absolute atomic E-state index is 14.4. The zero-order chi connectivity index (χ0) is 22.0. The number of aryl methyl sites for hydroxylation is 1. The number of rotatable bonds is 5. The second-order valence-corrected chi connectivity index (χ2v) is 8.94. The van der Waals surface area contributed by atoms with Gasteiger partial charge in [-0.25, -0.2) is 8.78 Å². The van der Waals surface area contributed by atoms with Gasteiger partial charge < -0.3 is 9.15 Å². The van der Waals surface area contributed by atoms with Crippen molar-refractivity contribution in [1.29, 1.82) is 0 Å². The molecule has 0 spiro atoms. The van der Waals surface area contributed by atoms with Gasteiger partial charge in [0.25, 0.3) is 0 Å². The maximum Gasteiger partial charge on any atom is 0.245 e. The van der Waals surface area contributed by atoms with E-state index in [0.717, 1.165) is 24.1 Å². The zero-order valence-electron chi connectivity index (χ0n) is 17.9. The summed E-state index contributed by atoms with van der Waals surface area (Å²) in [6.07, 6.45) is 1.95. The van der Waals surface area contributed by atoms with Crippen LogP contribution >= 0.6 is 0 Å². The predicted molar refractivity (Wildman–Crippen MR) is 108 cm³/mol. The summed E-state index contributed by atoms with van der Waals surface area (Å²) in [7, 11) is 0. The van der Waals surface area contributed by atoms with Crippen molar-refractivity contribution in [2.24, 2.45) is 5.41 Å². The minimum absolute atomic E-state index is 0.147. The lowest BCUT2D eigenvalue weighted by atomic mass is 9.77. The largest absolute Gasteiger partial charge is 0.423 e. The van der Waals surface area contributed by atoms with Crippen molar-refractivity contribution in [2.45, 2.75) is 64.6 Å². The van der Waals surface area contributed by atoms with Crippen LogP contribution in [-0.4, -0.2) is 20.4 Å². The molecule has 6 nitrogen and oxygen atoms in total. The number of benzene rings is 1. The molecule has 0 N–H and O–H groups in total. The third-order valence-corrected chi connectivity index (χ3v) is 7.03. The lowest BCUT2D eigenvalue weighted by Crippen LogP contribution is -2.39. The number of aromatic nitrogens is 4. The average Bonchev–Trinajstić information content (AvgIpc) is 3.32. The maximum atomic E-state index is 14.4. The van der Waals surface area contributed by atoms with Crippen molar-refractivity contribution in [3.05, 3.63) is 58.9 Å². The molecule has 1 saturated carbocycles. The van der Waals surface area contributed by atoms with E-state index >= 15 is 0 Å². The van der Waals surface area contributed by atoms with Crippen molar-refractivity contribution in [2.75, 3.05) is 0 Å². The average molecular weight is 426 g/mol. The smallest absolute Gasteiger partial charge is 0.245 e. The summed E-state index contributed by atoms with van der Waals surface area (Å²) in [5.41, 5.74) is 0.770. The van der Waals surface area contributed by atoms with Crippen LogP contribution in [0.1, 0.15) is 75.1 Å². The summed E-state index contributed by atoms with van der Waals surface area (Å²) >= 11 is 0. The van der Waals surface area contributed by atoms with Gasteiger partial charge in [-0.3, -0.25) is 0 Å². The first kappa shape index (κ1) is 20.2. The quantitative estimate of drug-likeness (QED) is 0.544. The van der Waals surface area contributed by atoms with Crippen LogP contribution in [-0.2, 0) is 10.3 Å². The minimum Gasteiger partial charge on any atom is -0.423 e. The molecule has 2 aromatic heterocycles. The van der Waals surface area contributed by atoms with Crippen LogP contribution in [0.4, 0.5) is 8.78 Å². The van der Waals surface area contributed by atoms with Crippen molar-refractivity contribution in [3.8, 4) is 11.3 Å². The molecule has 2 aliphatic carbocycles. The number of halogens is 2. The van der Waals surface area contributed by atoms with Crippen LogP contribution < -0.4 is 0 Å². The standard InChI is InChI=1S/C23H24F2N4O2/c1-5-18(21-29-26-12(2)30-21)31-23-10-9-14(22(23,3)4)13-11-17(27-28-20(13)23)19-15(24)7-6-8-16(19)25/h6-8,11,14,18H,5,9-10H2,1-4H3/t14-,18-,23-/m0/s1. The van der Waals surface area contributed by atoms with E-state index in [1.807, 2.05) is 6.92 Å². The molecule has 2 bridgehead atoms. The van der Waals surface area contributed by atoms with Crippen LogP contribution in [0.5, 0.6) is 0 Å². The van der Waals surface area contributed by atoms with E-state index in [2.05, 4.69) is 34.2 Å². The Balaban J connectivity index is 1.60. The van der Waals surface area contributed by atoms with E-state index in [-0.39, 0.29) is 28.7 Å². The van der Waals surface area contributed by atoms with Crippen molar-refractivity contribution < 1.29 is 17.9 Å². The number of nitrogens with zero attached hydrogens (tertiary/aromatic N) is 4. The summed E-state index contributed by atoms with van der Waals surface area (Å²) in [6.45, 7) is 8.06. The monoisotopic (exact) mass is 426 g/mol. The topological polar surface area (TPSA) is 73.9 Å². The van der Waals surface area contributed by atoms with Gasteiger partial charge >= 0.3 is 0 Å². The Kier molecular flexibility index (Phi) is 4.48. The van der Waals surface area contributed by atoms with Gasteiger partial charge in [-0.1, -0.05) is 26.8 Å². The van der Waals surface area contributed by atoms with Crippen molar-refractivity contribution >= 4 is 0 Å². The molecule has 0 unspecified atom stereocenters. The highest BCUT2D eigenvalue weighted by molar-refractivity contribution is 5.63. The Morgan fingerprint density at radius 3 is 2.55 bits per heavy atom. The number of hydrogen-bond donors (Lipinski definition) is 0. The molecule has 3 aromatic rings. The Morgan fingerprint density at radius 1 is 1.16 bits per heavy atom. The molecule has 3 atom stereocenters. The van der Waals surface area contributed by atoms with E-state index in [1.54, 1.807) is 13.0 Å². The fraction of sp³-hybridized carbons (Fsp3) is 0.478. The summed E-state index contributed by atoms with van der Waals surface area (Å²) in [4.78, 5) is 0. The third-order valence-electron chi connectivity index (χ3n) is 7.03. The van der Waals surface area contributed by atoms with Crippen molar-refractivity contribution in [3.63, 3.8) is 0 Å². The summed E-state index contributed by atoms with van der Waals surface area (Å²) in [5, 5.41) is 16.8. The van der Waals surface area contributed by atoms with E-state index in [1.165, 1.54) is 18.2 Å². The molecule has 0 aliphatic heterocycles. The molecule has 2 aliphatic rings. The highest BCUT2D eigenvalue weighted by Crippen LogP contribution is 2.68. The molecule has 1 fully saturated rings. The normalized spacial score (nSPS) is 24.4. The van der Waals surface area contributed by atoms with Crippen molar-refractivity contribution in [1.82, 2.24) is 20.4 Å². The minimum atomic E-state index is -0.685. The van der Waals surface area contributed by atoms with Crippen LogP contribution in [0.25, 0.3) is 11.3 Å². The second-order valence-electron chi connectivity index (χ2n) is 8.94. The molecule has 162 valence electrons. The Bertz CT molecular complexity index is 1140. The highest BCUT2D eigenvalue weighted by atomic mass is 19.1. The summed E-state index contributed by atoms with van der Waals surface area (Å²) in [6, 6.07) is 5.57. The lowest BCUT2D eigenvalue weighted by molar-refractivity contribution is -0.158. The van der Waals surface area contributed by atoms with Crippen LogP contribution in [0.15, 0.2) is 28.7 Å². The Hall–Kier alpha value is -2.74. The van der Waals surface area contributed by atoms with Gasteiger partial charge in [-0.15, -0.1) is 15.3 Å². The van der Waals surface area contributed by atoms with E-state index < -0.39 is 17.2 Å². The van der Waals surface area contributed by atoms with Gasteiger partial charge in [0.15, 0.2) is 0 Å². The summed E-state index contributed by atoms with van der Waals surface area (Å²) < 4.78 is 41.1. The summed E-state index contributed by atoms with van der Waals surface area (Å²) in [5.74, 6) is -0.226. The molecule has 1 aromatic carbocycles. The molecule has 2 heterocycles. The van der Waals surface area contributed by atoms with Gasteiger partial charge in [0.1, 0.15) is 23.3 Å². The lowest BCUT2D eigenvalue weighted by Gasteiger charge is -2.39. The van der Waals surface area contributed by atoms with Gasteiger partial charge in [0.2, 0.25) is 11.8 Å². The third kappa shape index (κ3) is 2.77. The van der Waals surface area contributed by atoms with Gasteiger partial charge in [0.05, 0.1) is 17.0 Å². The number of ether oxygens (including phenoxy) is 1. The zero-order valence-corrected chi connectivity index (χ0v) is 17.9. The fourth-order valence-corrected chi connectivity index (χ4v) is 5.39. The highest BCUT2D eigenvalue weighted by Gasteiger charge is 2.65. The SMILES string of the molecule is CC[C@H](O[C@@]12CC[C@@H](c3cc(-c4c(F)cccc4F)nnc31)C2(C)C)c1nnc(C)o1. The Morgan fingerprint density at radius 2 is 1.90 bits per heavy atom. The van der Waals surface area contributed by atoms with Gasteiger partial charge in [-0.05, 0) is 48.9 Å². The molecule has 5 rings (SSSR count). The molecule has 8 heteroatoms. The van der Waals surface area contributed by atoms with Crippen LogP contribution in [0, 0.1) is 24.0 Å². The molecular weight excluding hydrogens is 402 g/mol. The molecule has 0 radical (unpaired) electrons. The number of hydrogen-bond acceptors (Lipinski definition) is 6. The van der Waals surface area contributed by atoms with E-state index in [9.17, 15) is 8.78 Å². The van der Waals surface area contributed by atoms with E-state index in [0.29, 0.717) is 18.2 Å². The number of fused-ring (bicyclic) bond motifs is 5. The van der Waals surface area contributed by atoms with E-state index in [4.69, 9.17) is 9.15 Å². The molecular formula is C23H24F2N4O2. The fourth-order valence-electron chi connectivity index (χ4n) is 5.39. The first-order valence-electron chi connectivity index (χ1n) is 10.6. The molecule has 0 saturated heterocycles. The first-order valence-corrected chi connectivity index (χ1v) is 10.6. The van der Waals surface area contributed by atoms with Crippen LogP contribution in [0.2, 0.25) is 0 Å². The molecule has 31 heavy (non-hydrogen) atoms.